The van der Waals surface area contributed by atoms with Crippen molar-refractivity contribution in [2.24, 2.45) is 0 Å². The standard InChI is InChI=1S/C22H20BrNO5S/c1-13(2)29-18-9-4-14(10-19(18)28-3)11-20-21(26)24(22(27)30-20)12-17(25)15-5-7-16(23)8-6-15/h4-11,13H,12H2,1-3H3/b20-11-. The lowest BCUT2D eigenvalue weighted by Gasteiger charge is -2.14. The number of thioether (sulfide) groups is 1. The second-order valence-electron chi connectivity index (χ2n) is 6.77. The first kappa shape index (κ1) is 22.1. The Morgan fingerprint density at radius 2 is 1.83 bits per heavy atom. The first-order valence-electron chi connectivity index (χ1n) is 9.17. The van der Waals surface area contributed by atoms with E-state index in [1.807, 2.05) is 13.8 Å². The fraction of sp³-hybridized carbons (Fsp3) is 0.227. The van der Waals surface area contributed by atoms with Gasteiger partial charge in [-0.1, -0.05) is 34.1 Å². The van der Waals surface area contributed by atoms with Gasteiger partial charge in [0.05, 0.1) is 24.7 Å². The molecule has 8 heteroatoms. The molecule has 0 N–H and O–H groups in total. The SMILES string of the molecule is COc1cc(/C=C2\SC(=O)N(CC(=O)c3ccc(Br)cc3)C2=O)ccc1OC(C)C. The lowest BCUT2D eigenvalue weighted by molar-refractivity contribution is -0.122. The van der Waals surface area contributed by atoms with E-state index in [2.05, 4.69) is 15.9 Å². The summed E-state index contributed by atoms with van der Waals surface area (Å²) in [5.41, 5.74) is 1.12. The van der Waals surface area contributed by atoms with Crippen molar-refractivity contribution in [1.29, 1.82) is 0 Å². The minimum absolute atomic E-state index is 0.00971. The number of amides is 2. The van der Waals surface area contributed by atoms with Crippen LogP contribution in [0.25, 0.3) is 6.08 Å². The molecule has 0 aromatic heterocycles. The summed E-state index contributed by atoms with van der Waals surface area (Å²) in [6.07, 6.45) is 1.60. The lowest BCUT2D eigenvalue weighted by atomic mass is 10.1. The molecule has 0 atom stereocenters. The number of halogens is 1. The van der Waals surface area contributed by atoms with Gasteiger partial charge in [0.2, 0.25) is 0 Å². The Kier molecular flexibility index (Phi) is 6.99. The summed E-state index contributed by atoms with van der Waals surface area (Å²) in [7, 11) is 1.54. The van der Waals surface area contributed by atoms with Crippen LogP contribution in [0.4, 0.5) is 4.79 Å². The van der Waals surface area contributed by atoms with E-state index in [0.29, 0.717) is 22.6 Å². The Balaban J connectivity index is 1.77. The predicted octanol–water partition coefficient (Wildman–Crippen LogP) is 5.16. The zero-order valence-corrected chi connectivity index (χ0v) is 19.1. The molecular weight excluding hydrogens is 470 g/mol. The predicted molar refractivity (Wildman–Crippen MR) is 120 cm³/mol. The van der Waals surface area contributed by atoms with Crippen molar-refractivity contribution < 1.29 is 23.9 Å². The molecule has 2 aromatic rings. The third-order valence-electron chi connectivity index (χ3n) is 4.19. The number of benzene rings is 2. The van der Waals surface area contributed by atoms with Crippen LogP contribution in [0.2, 0.25) is 0 Å². The van der Waals surface area contributed by atoms with E-state index in [9.17, 15) is 14.4 Å². The first-order chi connectivity index (χ1) is 14.3. The van der Waals surface area contributed by atoms with Gasteiger partial charge in [0, 0.05) is 10.0 Å². The fourth-order valence-corrected chi connectivity index (χ4v) is 3.89. The number of imide groups is 1. The highest BCUT2D eigenvalue weighted by Crippen LogP contribution is 2.35. The van der Waals surface area contributed by atoms with Crippen LogP contribution in [0.5, 0.6) is 11.5 Å². The summed E-state index contributed by atoms with van der Waals surface area (Å²) >= 11 is 4.12. The van der Waals surface area contributed by atoms with Crippen LogP contribution in [-0.2, 0) is 4.79 Å². The molecule has 0 unspecified atom stereocenters. The second kappa shape index (κ2) is 9.49. The third-order valence-corrected chi connectivity index (χ3v) is 5.63. The average molecular weight is 490 g/mol. The van der Waals surface area contributed by atoms with Crippen LogP contribution in [0.15, 0.2) is 51.8 Å². The Morgan fingerprint density at radius 1 is 1.13 bits per heavy atom. The normalized spacial score (nSPS) is 15.2. The number of methoxy groups -OCH3 is 1. The number of ether oxygens (including phenoxy) is 2. The molecule has 0 radical (unpaired) electrons. The molecule has 3 rings (SSSR count). The van der Waals surface area contributed by atoms with Crippen molar-refractivity contribution >= 4 is 50.7 Å². The van der Waals surface area contributed by atoms with Gasteiger partial charge in [-0.25, -0.2) is 0 Å². The Labute approximate surface area is 187 Å². The molecule has 6 nitrogen and oxygen atoms in total. The largest absolute Gasteiger partial charge is 0.493 e. The maximum Gasteiger partial charge on any atom is 0.293 e. The zero-order chi connectivity index (χ0) is 21.8. The van der Waals surface area contributed by atoms with Crippen molar-refractivity contribution in [1.82, 2.24) is 4.90 Å². The van der Waals surface area contributed by atoms with E-state index in [4.69, 9.17) is 9.47 Å². The van der Waals surface area contributed by atoms with Gasteiger partial charge < -0.3 is 9.47 Å². The number of hydrogen-bond acceptors (Lipinski definition) is 6. The second-order valence-corrected chi connectivity index (χ2v) is 8.68. The molecule has 0 aliphatic carbocycles. The minimum Gasteiger partial charge on any atom is -0.493 e. The molecule has 30 heavy (non-hydrogen) atoms. The van der Waals surface area contributed by atoms with Crippen LogP contribution < -0.4 is 9.47 Å². The van der Waals surface area contributed by atoms with E-state index in [1.165, 1.54) is 7.11 Å². The van der Waals surface area contributed by atoms with Gasteiger partial charge >= 0.3 is 0 Å². The van der Waals surface area contributed by atoms with Gasteiger partial charge in [-0.15, -0.1) is 0 Å². The van der Waals surface area contributed by atoms with E-state index in [-0.39, 0.29) is 23.3 Å². The first-order valence-corrected chi connectivity index (χ1v) is 10.8. The molecule has 1 heterocycles. The summed E-state index contributed by atoms with van der Waals surface area (Å²) in [4.78, 5) is 38.7. The van der Waals surface area contributed by atoms with Crippen LogP contribution >= 0.6 is 27.7 Å². The highest BCUT2D eigenvalue weighted by molar-refractivity contribution is 9.10. The van der Waals surface area contributed by atoms with Crippen molar-refractivity contribution in [3.05, 3.63) is 63.0 Å². The van der Waals surface area contributed by atoms with Gasteiger partial charge in [-0.3, -0.25) is 19.3 Å². The number of carbonyl (C=O) groups is 3. The third kappa shape index (κ3) is 5.12. The summed E-state index contributed by atoms with van der Waals surface area (Å²) in [6, 6.07) is 12.0. The highest BCUT2D eigenvalue weighted by Gasteiger charge is 2.36. The lowest BCUT2D eigenvalue weighted by Crippen LogP contribution is -2.33. The number of ketones is 1. The van der Waals surface area contributed by atoms with Crippen molar-refractivity contribution in [2.75, 3.05) is 13.7 Å². The van der Waals surface area contributed by atoms with Gasteiger partial charge in [0.1, 0.15) is 0 Å². The van der Waals surface area contributed by atoms with Crippen LogP contribution in [0.1, 0.15) is 29.8 Å². The van der Waals surface area contributed by atoms with E-state index < -0.39 is 11.1 Å². The zero-order valence-electron chi connectivity index (χ0n) is 16.7. The van der Waals surface area contributed by atoms with Crippen molar-refractivity contribution in [3.8, 4) is 11.5 Å². The molecule has 1 aliphatic heterocycles. The number of rotatable bonds is 7. The monoisotopic (exact) mass is 489 g/mol. The number of nitrogens with zero attached hydrogens (tertiary/aromatic N) is 1. The van der Waals surface area contributed by atoms with Crippen molar-refractivity contribution in [3.63, 3.8) is 0 Å². The van der Waals surface area contributed by atoms with Gasteiger partial charge in [-0.2, -0.15) is 0 Å². The molecule has 2 amide bonds. The molecular formula is C22H20BrNO5S. The fourth-order valence-electron chi connectivity index (χ4n) is 2.78. The minimum atomic E-state index is -0.489. The summed E-state index contributed by atoms with van der Waals surface area (Å²) in [6.45, 7) is 3.53. The molecule has 0 saturated carbocycles. The summed E-state index contributed by atoms with van der Waals surface area (Å²) in [5, 5.41) is -0.469. The maximum atomic E-state index is 12.7. The molecule has 0 spiro atoms. The topological polar surface area (TPSA) is 72.9 Å². The van der Waals surface area contributed by atoms with E-state index >= 15 is 0 Å². The number of hydrogen-bond donors (Lipinski definition) is 0. The Bertz CT molecular complexity index is 1020. The highest BCUT2D eigenvalue weighted by atomic mass is 79.9. The van der Waals surface area contributed by atoms with Crippen LogP contribution in [0, 0.1) is 0 Å². The summed E-state index contributed by atoms with van der Waals surface area (Å²) < 4.78 is 11.9. The smallest absolute Gasteiger partial charge is 0.293 e. The van der Waals surface area contributed by atoms with E-state index in [1.54, 1.807) is 48.5 Å². The number of carbonyl (C=O) groups excluding carboxylic acids is 3. The maximum absolute atomic E-state index is 12.7. The Morgan fingerprint density at radius 3 is 2.47 bits per heavy atom. The van der Waals surface area contributed by atoms with Crippen molar-refractivity contribution in [2.45, 2.75) is 20.0 Å². The molecule has 1 fully saturated rings. The van der Waals surface area contributed by atoms with Gasteiger partial charge in [0.25, 0.3) is 11.1 Å². The quantitative estimate of drug-likeness (QED) is 0.394. The number of Topliss-reactive ketones (excluding diaryl/α,β-unsaturated/α-hetero) is 1. The molecule has 1 aliphatic rings. The van der Waals surface area contributed by atoms with Crippen LogP contribution in [0.3, 0.4) is 0 Å². The van der Waals surface area contributed by atoms with Gasteiger partial charge in [0.15, 0.2) is 17.3 Å². The molecule has 2 aromatic carbocycles. The molecule has 0 bridgehead atoms. The Hall–Kier alpha value is -2.58. The van der Waals surface area contributed by atoms with Gasteiger partial charge in [-0.05, 0) is 61.5 Å². The average Bonchev–Trinajstić information content (AvgIpc) is 2.96. The molecule has 156 valence electrons. The summed E-state index contributed by atoms with van der Waals surface area (Å²) in [5.74, 6) is 0.333. The molecule has 1 saturated heterocycles. The van der Waals surface area contributed by atoms with E-state index in [0.717, 1.165) is 21.1 Å². The van der Waals surface area contributed by atoms with Crippen LogP contribution in [-0.4, -0.2) is 41.6 Å².